The maximum absolute atomic E-state index is 6.34. The van der Waals surface area contributed by atoms with Crippen LogP contribution >= 0.6 is 0 Å². The van der Waals surface area contributed by atoms with Crippen LogP contribution in [0.3, 0.4) is 0 Å². The summed E-state index contributed by atoms with van der Waals surface area (Å²) >= 11 is 0. The second kappa shape index (κ2) is 29.9. The van der Waals surface area contributed by atoms with E-state index in [0.29, 0.717) is 26.4 Å². The Bertz CT molecular complexity index is 2070. The lowest BCUT2D eigenvalue weighted by Crippen LogP contribution is -2.02. The van der Waals surface area contributed by atoms with Gasteiger partial charge in [-0.3, -0.25) is 9.97 Å². The SMILES string of the molecule is CCCCCCCCOc1ccc(OCCCCCCOc2cnc(-c3ncc(OCCCCCCOc4ccc(OCCCCCCCC)cc4)c4ccccc34)c3ccccc23)cc1. The topological polar surface area (TPSA) is 81.2 Å². The molecule has 0 fully saturated rings. The predicted octanol–water partition coefficient (Wildman–Crippen LogP) is 16.0. The molecule has 6 aromatic rings. The molecule has 0 saturated carbocycles. The molecule has 0 aliphatic carbocycles. The quantitative estimate of drug-likeness (QED) is 0.0365. The normalized spacial score (nSPS) is 11.2. The van der Waals surface area contributed by atoms with Crippen LogP contribution in [0.15, 0.2) is 109 Å². The summed E-state index contributed by atoms with van der Waals surface area (Å²) < 4.78 is 36.5. The second-order valence-electron chi connectivity index (χ2n) is 17.4. The van der Waals surface area contributed by atoms with Gasteiger partial charge in [0.2, 0.25) is 0 Å². The van der Waals surface area contributed by atoms with Gasteiger partial charge in [0.15, 0.2) is 0 Å². The maximum Gasteiger partial charge on any atom is 0.145 e. The Morgan fingerprint density at radius 1 is 0.288 bits per heavy atom. The highest BCUT2D eigenvalue weighted by Gasteiger charge is 2.16. The number of nitrogens with zero attached hydrogens (tertiary/aromatic N) is 2. The summed E-state index contributed by atoms with van der Waals surface area (Å²) in [6.07, 6.45) is 27.2. The third kappa shape index (κ3) is 17.1. The zero-order valence-electron chi connectivity index (χ0n) is 40.1. The number of pyridine rings is 2. The average molecular weight is 897 g/mol. The van der Waals surface area contributed by atoms with Crippen LogP contribution in [0.5, 0.6) is 34.5 Å². The third-order valence-corrected chi connectivity index (χ3v) is 12.1. The third-order valence-electron chi connectivity index (χ3n) is 12.1. The highest BCUT2D eigenvalue weighted by atomic mass is 16.5. The summed E-state index contributed by atoms with van der Waals surface area (Å²) in [5.74, 6) is 5.20. The number of ether oxygens (including phenoxy) is 6. The molecule has 0 unspecified atom stereocenters. The van der Waals surface area contributed by atoms with Gasteiger partial charge in [-0.1, -0.05) is 127 Å². The highest BCUT2D eigenvalue weighted by molar-refractivity contribution is 6.05. The molecule has 0 aliphatic rings. The Hall–Kier alpha value is -5.50. The molecule has 0 saturated heterocycles. The van der Waals surface area contributed by atoms with Crippen LogP contribution in [0.1, 0.15) is 142 Å². The number of rotatable bonds is 35. The summed E-state index contributed by atoms with van der Waals surface area (Å²) in [6.45, 7) is 8.74. The number of benzene rings is 4. The Kier molecular flexibility index (Phi) is 22.6. The van der Waals surface area contributed by atoms with Gasteiger partial charge in [-0.25, -0.2) is 0 Å². The van der Waals surface area contributed by atoms with E-state index in [1.54, 1.807) is 0 Å². The Labute approximate surface area is 395 Å². The van der Waals surface area contributed by atoms with E-state index in [9.17, 15) is 0 Å². The molecule has 8 heteroatoms. The molecule has 354 valence electrons. The first kappa shape index (κ1) is 49.9. The van der Waals surface area contributed by atoms with Crippen molar-refractivity contribution in [2.24, 2.45) is 0 Å². The fourth-order valence-corrected chi connectivity index (χ4v) is 8.21. The lowest BCUT2D eigenvalue weighted by molar-refractivity contribution is 0.287. The summed E-state index contributed by atoms with van der Waals surface area (Å²) in [6, 6.07) is 32.7. The standard InChI is InChI=1S/C58H76N2O6/c1-3-5-7-9-11-21-39-61-47-31-35-49(36-32-47)63-41-23-13-15-25-43-65-55-45-59-57(53-29-19-17-27-51(53)55)58-54-30-20-18-28-52(54)56(46-60-58)66-44-26-16-14-24-42-64-50-37-33-48(34-38-50)62-40-22-12-10-8-6-4-2/h17-20,27-38,45-46H,3-16,21-26,39-44H2,1-2H3. The van der Waals surface area contributed by atoms with E-state index in [2.05, 4.69) is 62.4 Å². The molecule has 0 N–H and O–H groups in total. The number of fused-ring (bicyclic) bond motifs is 2. The molecule has 6 rings (SSSR count). The van der Waals surface area contributed by atoms with Gasteiger partial charge in [-0.15, -0.1) is 0 Å². The molecule has 2 heterocycles. The average Bonchev–Trinajstić information content (AvgIpc) is 3.36. The van der Waals surface area contributed by atoms with Crippen LogP contribution < -0.4 is 28.4 Å². The Morgan fingerprint density at radius 2 is 0.545 bits per heavy atom. The first-order valence-corrected chi connectivity index (χ1v) is 25.5. The van der Waals surface area contributed by atoms with Gasteiger partial charge in [-0.05, 0) is 113 Å². The van der Waals surface area contributed by atoms with Crippen molar-refractivity contribution in [1.29, 1.82) is 0 Å². The number of unbranched alkanes of at least 4 members (excludes halogenated alkanes) is 16. The number of aromatic nitrogens is 2. The van der Waals surface area contributed by atoms with Crippen molar-refractivity contribution in [3.63, 3.8) is 0 Å². The lowest BCUT2D eigenvalue weighted by Gasteiger charge is -2.15. The fourth-order valence-electron chi connectivity index (χ4n) is 8.21. The van der Waals surface area contributed by atoms with Gasteiger partial charge in [-0.2, -0.15) is 0 Å². The van der Waals surface area contributed by atoms with E-state index in [1.807, 2.05) is 60.9 Å². The van der Waals surface area contributed by atoms with Crippen molar-refractivity contribution >= 4 is 21.5 Å². The molecule has 8 nitrogen and oxygen atoms in total. The largest absolute Gasteiger partial charge is 0.494 e. The molecule has 0 aliphatic heterocycles. The first-order valence-electron chi connectivity index (χ1n) is 25.5. The minimum Gasteiger partial charge on any atom is -0.494 e. The molecular weight excluding hydrogens is 821 g/mol. The van der Waals surface area contributed by atoms with Crippen molar-refractivity contribution in [1.82, 2.24) is 9.97 Å². The second-order valence-corrected chi connectivity index (χ2v) is 17.4. The van der Waals surface area contributed by atoms with Gasteiger partial charge < -0.3 is 28.4 Å². The molecule has 4 aromatic carbocycles. The molecule has 0 spiro atoms. The monoisotopic (exact) mass is 897 g/mol. The lowest BCUT2D eigenvalue weighted by atomic mass is 10.0. The van der Waals surface area contributed by atoms with Crippen LogP contribution in [-0.4, -0.2) is 49.6 Å². The van der Waals surface area contributed by atoms with Gasteiger partial charge >= 0.3 is 0 Å². The van der Waals surface area contributed by atoms with Crippen LogP contribution in [0.25, 0.3) is 32.9 Å². The molecule has 66 heavy (non-hydrogen) atoms. The Morgan fingerprint density at radius 3 is 0.848 bits per heavy atom. The summed E-state index contributed by atoms with van der Waals surface area (Å²) in [5, 5.41) is 4.11. The minimum atomic E-state index is 0.636. The van der Waals surface area contributed by atoms with Crippen molar-refractivity contribution in [3.8, 4) is 45.9 Å². The molecule has 0 amide bonds. The fraction of sp³-hybridized carbons (Fsp3) is 0.483. The maximum atomic E-state index is 6.34. The van der Waals surface area contributed by atoms with E-state index >= 15 is 0 Å². The number of hydrogen-bond acceptors (Lipinski definition) is 8. The van der Waals surface area contributed by atoms with Gasteiger partial charge in [0.25, 0.3) is 0 Å². The van der Waals surface area contributed by atoms with Gasteiger partial charge in [0, 0.05) is 21.5 Å². The highest BCUT2D eigenvalue weighted by Crippen LogP contribution is 2.37. The molecule has 0 bridgehead atoms. The van der Waals surface area contributed by atoms with E-state index in [0.717, 1.165) is 145 Å². The zero-order valence-corrected chi connectivity index (χ0v) is 40.1. The van der Waals surface area contributed by atoms with Crippen molar-refractivity contribution in [2.45, 2.75) is 142 Å². The van der Waals surface area contributed by atoms with E-state index in [4.69, 9.17) is 38.4 Å². The summed E-state index contributed by atoms with van der Waals surface area (Å²) in [4.78, 5) is 9.90. The van der Waals surface area contributed by atoms with Crippen molar-refractivity contribution in [2.75, 3.05) is 39.6 Å². The summed E-state index contributed by atoms with van der Waals surface area (Å²) in [5.41, 5.74) is 1.68. The molecule has 0 atom stereocenters. The van der Waals surface area contributed by atoms with Gasteiger partial charge in [0.05, 0.1) is 63.4 Å². The van der Waals surface area contributed by atoms with Gasteiger partial charge in [0.1, 0.15) is 34.5 Å². The van der Waals surface area contributed by atoms with Crippen LogP contribution in [-0.2, 0) is 0 Å². The van der Waals surface area contributed by atoms with E-state index in [1.165, 1.54) is 64.2 Å². The first-order chi connectivity index (χ1) is 32.7. The molecule has 0 radical (unpaired) electrons. The smallest absolute Gasteiger partial charge is 0.145 e. The van der Waals surface area contributed by atoms with E-state index < -0.39 is 0 Å². The van der Waals surface area contributed by atoms with Crippen LogP contribution in [0, 0.1) is 0 Å². The van der Waals surface area contributed by atoms with Crippen LogP contribution in [0.4, 0.5) is 0 Å². The van der Waals surface area contributed by atoms with Crippen molar-refractivity contribution in [3.05, 3.63) is 109 Å². The van der Waals surface area contributed by atoms with E-state index in [-0.39, 0.29) is 0 Å². The van der Waals surface area contributed by atoms with Crippen LogP contribution in [0.2, 0.25) is 0 Å². The molecular formula is C58H76N2O6. The number of hydrogen-bond donors (Lipinski definition) is 0. The molecule has 2 aromatic heterocycles. The summed E-state index contributed by atoms with van der Waals surface area (Å²) in [7, 11) is 0. The zero-order chi connectivity index (χ0) is 45.7. The van der Waals surface area contributed by atoms with Crippen molar-refractivity contribution < 1.29 is 28.4 Å². The Balaban J connectivity index is 0.873. The predicted molar refractivity (Wildman–Crippen MR) is 272 cm³/mol. The minimum absolute atomic E-state index is 0.636.